The highest BCUT2D eigenvalue weighted by molar-refractivity contribution is 7.91. The molecule has 6 nitrogen and oxygen atoms in total. The van der Waals surface area contributed by atoms with Gasteiger partial charge in [0.15, 0.2) is 0 Å². The summed E-state index contributed by atoms with van der Waals surface area (Å²) in [4.78, 5) is 11.8. The minimum absolute atomic E-state index is 0.0665. The Morgan fingerprint density at radius 3 is 2.21 bits per heavy atom. The van der Waals surface area contributed by atoms with Crippen LogP contribution in [-0.4, -0.2) is 28.0 Å². The number of benzene rings is 3. The summed E-state index contributed by atoms with van der Waals surface area (Å²) in [5.74, 6) is -0.116. The molecule has 1 N–H and O–H groups in total. The summed E-state index contributed by atoms with van der Waals surface area (Å²) in [5, 5.41) is 2.92. The van der Waals surface area contributed by atoms with Gasteiger partial charge in [-0.2, -0.15) is 0 Å². The molecule has 7 heteroatoms. The Kier molecular flexibility index (Phi) is 6.51. The van der Waals surface area contributed by atoms with Crippen molar-refractivity contribution in [2.24, 2.45) is 0 Å². The largest absolute Gasteiger partial charge is 0.487 e. The molecule has 3 rings (SSSR count). The number of methoxy groups -OCH3 is 1. The molecule has 0 aliphatic heterocycles. The third-order valence-corrected chi connectivity index (χ3v) is 5.97. The minimum Gasteiger partial charge on any atom is -0.487 e. The van der Waals surface area contributed by atoms with Crippen molar-refractivity contribution in [3.63, 3.8) is 0 Å². The van der Waals surface area contributed by atoms with Gasteiger partial charge in [0.1, 0.15) is 18.9 Å². The molecule has 3 aromatic rings. The second kappa shape index (κ2) is 9.25. The van der Waals surface area contributed by atoms with Crippen molar-refractivity contribution in [3.8, 4) is 5.75 Å². The lowest BCUT2D eigenvalue weighted by molar-refractivity contribution is -0.138. The Morgan fingerprint density at radius 2 is 1.55 bits per heavy atom. The average Bonchev–Trinajstić information content (AvgIpc) is 2.77. The molecule has 0 saturated heterocycles. The summed E-state index contributed by atoms with van der Waals surface area (Å²) in [5.41, 5.74) is 1.43. The molecular weight excluding hydrogens is 390 g/mol. The first-order valence-corrected chi connectivity index (χ1v) is 10.4. The number of rotatable bonds is 8. The highest BCUT2D eigenvalue weighted by Crippen LogP contribution is 2.31. The van der Waals surface area contributed by atoms with Gasteiger partial charge in [0.25, 0.3) is 0 Å². The van der Waals surface area contributed by atoms with Crippen LogP contribution in [0, 0.1) is 0 Å². The lowest BCUT2D eigenvalue weighted by Crippen LogP contribution is -2.16. The van der Waals surface area contributed by atoms with Gasteiger partial charge in [0.05, 0.1) is 22.6 Å². The summed E-state index contributed by atoms with van der Waals surface area (Å²) in [6.07, 6.45) is 0. The van der Waals surface area contributed by atoms with Crippen LogP contribution in [0.1, 0.15) is 5.56 Å². The average molecular weight is 411 g/mol. The Morgan fingerprint density at radius 1 is 0.897 bits per heavy atom. The van der Waals surface area contributed by atoms with E-state index in [0.717, 1.165) is 5.56 Å². The van der Waals surface area contributed by atoms with E-state index in [0.29, 0.717) is 11.4 Å². The topological polar surface area (TPSA) is 81.7 Å². The lowest BCUT2D eigenvalue weighted by atomic mass is 10.2. The molecule has 29 heavy (non-hydrogen) atoms. The van der Waals surface area contributed by atoms with E-state index in [1.165, 1.54) is 19.2 Å². The van der Waals surface area contributed by atoms with E-state index in [4.69, 9.17) is 4.74 Å². The van der Waals surface area contributed by atoms with E-state index in [1.54, 1.807) is 36.4 Å². The first kappa shape index (κ1) is 20.4. The predicted molar refractivity (Wildman–Crippen MR) is 110 cm³/mol. The van der Waals surface area contributed by atoms with Gasteiger partial charge in [0.2, 0.25) is 9.84 Å². The van der Waals surface area contributed by atoms with Gasteiger partial charge in [0, 0.05) is 6.07 Å². The van der Waals surface area contributed by atoms with E-state index < -0.39 is 15.8 Å². The van der Waals surface area contributed by atoms with Crippen LogP contribution < -0.4 is 10.1 Å². The maximum absolute atomic E-state index is 12.9. The van der Waals surface area contributed by atoms with Crippen molar-refractivity contribution in [1.82, 2.24) is 0 Å². The van der Waals surface area contributed by atoms with Crippen LogP contribution in [0.5, 0.6) is 5.75 Å². The third-order valence-electron chi connectivity index (χ3n) is 4.20. The Hall–Kier alpha value is -3.32. The maximum atomic E-state index is 12.9. The van der Waals surface area contributed by atoms with Gasteiger partial charge in [-0.25, -0.2) is 8.42 Å². The number of anilines is 1. The second-order valence-corrected chi connectivity index (χ2v) is 8.13. The zero-order valence-corrected chi connectivity index (χ0v) is 16.7. The molecule has 0 aliphatic carbocycles. The fourth-order valence-electron chi connectivity index (χ4n) is 2.65. The van der Waals surface area contributed by atoms with E-state index in [-0.39, 0.29) is 22.9 Å². The number of ether oxygens (including phenoxy) is 2. The minimum atomic E-state index is -3.70. The Balaban J connectivity index is 1.92. The van der Waals surface area contributed by atoms with E-state index in [9.17, 15) is 13.2 Å². The van der Waals surface area contributed by atoms with Crippen molar-refractivity contribution in [2.75, 3.05) is 19.0 Å². The van der Waals surface area contributed by atoms with Crippen molar-refractivity contribution in [2.45, 2.75) is 16.4 Å². The highest BCUT2D eigenvalue weighted by Gasteiger charge is 2.19. The highest BCUT2D eigenvalue weighted by atomic mass is 32.2. The first-order chi connectivity index (χ1) is 14.0. The predicted octanol–water partition coefficient (Wildman–Crippen LogP) is 3.68. The number of carbonyl (C=O) groups excluding carboxylic acids is 1. The summed E-state index contributed by atoms with van der Waals surface area (Å²) >= 11 is 0. The zero-order valence-electron chi connectivity index (χ0n) is 15.9. The molecule has 0 amide bonds. The van der Waals surface area contributed by atoms with Crippen molar-refractivity contribution in [3.05, 3.63) is 84.4 Å². The van der Waals surface area contributed by atoms with E-state index in [1.807, 2.05) is 30.3 Å². The summed E-state index contributed by atoms with van der Waals surface area (Å²) in [6, 6.07) is 22.2. The number of hydrogen-bond donors (Lipinski definition) is 1. The fraction of sp³-hybridized carbons (Fsp3) is 0.136. The molecule has 3 aromatic carbocycles. The Labute approximate surface area is 170 Å². The molecule has 0 spiro atoms. The van der Waals surface area contributed by atoms with Crippen molar-refractivity contribution in [1.29, 1.82) is 0 Å². The van der Waals surface area contributed by atoms with Crippen LogP contribution in [0.2, 0.25) is 0 Å². The van der Waals surface area contributed by atoms with Crippen LogP contribution in [0.15, 0.2) is 88.7 Å². The fourth-order valence-corrected chi connectivity index (χ4v) is 3.94. The van der Waals surface area contributed by atoms with Gasteiger partial charge >= 0.3 is 5.97 Å². The number of sulfone groups is 1. The van der Waals surface area contributed by atoms with Gasteiger partial charge in [-0.05, 0) is 29.8 Å². The van der Waals surface area contributed by atoms with Crippen LogP contribution in [0.4, 0.5) is 5.69 Å². The number of hydrogen-bond acceptors (Lipinski definition) is 6. The monoisotopic (exact) mass is 411 g/mol. The molecule has 0 atom stereocenters. The second-order valence-electron chi connectivity index (χ2n) is 6.18. The molecule has 0 aliphatic rings. The molecule has 0 radical (unpaired) electrons. The van der Waals surface area contributed by atoms with Crippen LogP contribution in [0.25, 0.3) is 0 Å². The van der Waals surface area contributed by atoms with Crippen molar-refractivity contribution < 1.29 is 22.7 Å². The first-order valence-electron chi connectivity index (χ1n) is 8.92. The van der Waals surface area contributed by atoms with Crippen LogP contribution in [-0.2, 0) is 26.0 Å². The van der Waals surface area contributed by atoms with Crippen molar-refractivity contribution >= 4 is 21.5 Å². The SMILES string of the molecule is COC(=O)CNc1ccc(S(=O)(=O)c2ccccc2)cc1OCc1ccccc1. The summed E-state index contributed by atoms with van der Waals surface area (Å²) in [6.45, 7) is 0.186. The molecule has 150 valence electrons. The Bertz CT molecular complexity index is 1070. The molecule has 0 saturated carbocycles. The number of carbonyl (C=O) groups is 1. The lowest BCUT2D eigenvalue weighted by Gasteiger charge is -2.15. The summed E-state index contributed by atoms with van der Waals surface area (Å²) < 4.78 is 36.4. The van der Waals surface area contributed by atoms with Crippen LogP contribution in [0.3, 0.4) is 0 Å². The molecular formula is C22H21NO5S. The molecule has 0 unspecified atom stereocenters. The molecule has 0 fully saturated rings. The molecule has 0 bridgehead atoms. The van der Waals surface area contributed by atoms with Gasteiger partial charge in [-0.15, -0.1) is 0 Å². The van der Waals surface area contributed by atoms with E-state index in [2.05, 4.69) is 10.1 Å². The zero-order chi connectivity index (χ0) is 20.7. The molecule has 0 aromatic heterocycles. The van der Waals surface area contributed by atoms with Gasteiger partial charge in [-0.1, -0.05) is 48.5 Å². The number of esters is 1. The normalized spacial score (nSPS) is 10.9. The van der Waals surface area contributed by atoms with Gasteiger partial charge in [-0.3, -0.25) is 4.79 Å². The summed E-state index contributed by atoms with van der Waals surface area (Å²) in [7, 11) is -2.40. The van der Waals surface area contributed by atoms with Crippen LogP contribution >= 0.6 is 0 Å². The standard InChI is InChI=1S/C22H21NO5S/c1-27-22(24)15-23-20-13-12-19(29(25,26)18-10-6-3-7-11-18)14-21(20)28-16-17-8-4-2-5-9-17/h2-14,23H,15-16H2,1H3. The maximum Gasteiger partial charge on any atom is 0.325 e. The van der Waals surface area contributed by atoms with E-state index >= 15 is 0 Å². The quantitative estimate of drug-likeness (QED) is 0.570. The molecule has 0 heterocycles. The smallest absolute Gasteiger partial charge is 0.325 e. The van der Waals surface area contributed by atoms with Gasteiger partial charge < -0.3 is 14.8 Å². The number of nitrogens with one attached hydrogen (secondary N) is 1. The third kappa shape index (κ3) is 5.14.